The smallest absolute Gasteiger partial charge is 0.406 e. The van der Waals surface area contributed by atoms with Crippen LogP contribution in [0.15, 0.2) is 24.3 Å². The average molecular weight is 317 g/mol. The minimum atomic E-state index is -4.73. The molecular formula is C14H18F3N3O2. The van der Waals surface area contributed by atoms with Crippen molar-refractivity contribution in [3.05, 3.63) is 24.3 Å². The summed E-state index contributed by atoms with van der Waals surface area (Å²) in [6, 6.07) is 4.86. The molecule has 0 aromatic heterocycles. The monoisotopic (exact) mass is 317 g/mol. The van der Waals surface area contributed by atoms with Crippen LogP contribution in [0.3, 0.4) is 0 Å². The van der Waals surface area contributed by atoms with Crippen LogP contribution >= 0.6 is 0 Å². The van der Waals surface area contributed by atoms with Crippen molar-refractivity contribution < 1.29 is 22.7 Å². The molecule has 0 bridgehead atoms. The van der Waals surface area contributed by atoms with Gasteiger partial charge in [-0.15, -0.1) is 13.2 Å². The molecule has 1 fully saturated rings. The van der Waals surface area contributed by atoms with E-state index in [1.54, 1.807) is 0 Å². The Morgan fingerprint density at radius 2 is 1.73 bits per heavy atom. The lowest BCUT2D eigenvalue weighted by Gasteiger charge is -2.26. The third-order valence-electron chi connectivity index (χ3n) is 3.45. The number of amides is 2. The maximum atomic E-state index is 12.0. The predicted molar refractivity (Wildman–Crippen MR) is 75.5 cm³/mol. The molecule has 1 saturated carbocycles. The Bertz CT molecular complexity index is 497. The second kappa shape index (κ2) is 6.87. The number of hydrogen-bond acceptors (Lipinski definition) is 3. The molecule has 1 aliphatic carbocycles. The number of carbonyl (C=O) groups excluding carboxylic acids is 1. The number of benzene rings is 1. The van der Waals surface area contributed by atoms with Crippen molar-refractivity contribution >= 4 is 11.7 Å². The van der Waals surface area contributed by atoms with Gasteiger partial charge in [0.15, 0.2) is 0 Å². The second-order valence-electron chi connectivity index (χ2n) is 5.28. The van der Waals surface area contributed by atoms with Crippen molar-refractivity contribution in [2.75, 3.05) is 5.32 Å². The SMILES string of the molecule is NC1CCC(NC(=O)Nc2ccc(OC(F)(F)F)cc2)CC1. The minimum absolute atomic E-state index is 0.0765. The molecule has 4 N–H and O–H groups in total. The molecule has 0 spiro atoms. The van der Waals surface area contributed by atoms with E-state index in [0.29, 0.717) is 5.69 Å². The molecule has 5 nitrogen and oxygen atoms in total. The number of nitrogens with one attached hydrogen (secondary N) is 2. The number of urea groups is 1. The zero-order valence-electron chi connectivity index (χ0n) is 11.8. The maximum absolute atomic E-state index is 12.0. The quantitative estimate of drug-likeness (QED) is 0.802. The highest BCUT2D eigenvalue weighted by molar-refractivity contribution is 5.89. The van der Waals surface area contributed by atoms with Gasteiger partial charge in [-0.05, 0) is 49.9 Å². The van der Waals surface area contributed by atoms with Gasteiger partial charge in [0.1, 0.15) is 5.75 Å². The lowest BCUT2D eigenvalue weighted by atomic mass is 9.92. The van der Waals surface area contributed by atoms with E-state index >= 15 is 0 Å². The summed E-state index contributed by atoms with van der Waals surface area (Å²) in [5.74, 6) is -0.334. The van der Waals surface area contributed by atoms with Gasteiger partial charge in [0, 0.05) is 17.8 Å². The first-order chi connectivity index (χ1) is 10.3. The van der Waals surface area contributed by atoms with Crippen LogP contribution in [0.1, 0.15) is 25.7 Å². The Morgan fingerprint density at radius 1 is 1.14 bits per heavy atom. The van der Waals surface area contributed by atoms with E-state index in [0.717, 1.165) is 37.8 Å². The lowest BCUT2D eigenvalue weighted by molar-refractivity contribution is -0.274. The van der Waals surface area contributed by atoms with E-state index in [4.69, 9.17) is 5.73 Å². The summed E-state index contributed by atoms with van der Waals surface area (Å²) >= 11 is 0. The van der Waals surface area contributed by atoms with Crippen LogP contribution in [0, 0.1) is 0 Å². The highest BCUT2D eigenvalue weighted by Gasteiger charge is 2.31. The Labute approximate surface area is 126 Å². The highest BCUT2D eigenvalue weighted by Crippen LogP contribution is 2.24. The summed E-state index contributed by atoms with van der Waals surface area (Å²) < 4.78 is 39.8. The lowest BCUT2D eigenvalue weighted by Crippen LogP contribution is -2.42. The largest absolute Gasteiger partial charge is 0.573 e. The molecule has 2 rings (SSSR count). The van der Waals surface area contributed by atoms with Crippen molar-refractivity contribution in [3.63, 3.8) is 0 Å². The van der Waals surface area contributed by atoms with E-state index in [-0.39, 0.29) is 23.9 Å². The number of ether oxygens (including phenoxy) is 1. The van der Waals surface area contributed by atoms with Crippen LogP contribution in [0.5, 0.6) is 5.75 Å². The number of carbonyl (C=O) groups is 1. The molecule has 1 aromatic carbocycles. The van der Waals surface area contributed by atoms with Crippen molar-refractivity contribution in [1.82, 2.24) is 5.32 Å². The molecule has 0 unspecified atom stereocenters. The van der Waals surface area contributed by atoms with Crippen LogP contribution in [-0.2, 0) is 0 Å². The van der Waals surface area contributed by atoms with E-state index in [9.17, 15) is 18.0 Å². The number of anilines is 1. The number of nitrogens with two attached hydrogens (primary N) is 1. The topological polar surface area (TPSA) is 76.4 Å². The maximum Gasteiger partial charge on any atom is 0.573 e. The predicted octanol–water partition coefficient (Wildman–Crippen LogP) is 2.98. The van der Waals surface area contributed by atoms with Gasteiger partial charge in [0.05, 0.1) is 0 Å². The third-order valence-corrected chi connectivity index (χ3v) is 3.45. The minimum Gasteiger partial charge on any atom is -0.406 e. The van der Waals surface area contributed by atoms with Crippen LogP contribution in [0.25, 0.3) is 0 Å². The van der Waals surface area contributed by atoms with Crippen molar-refractivity contribution in [1.29, 1.82) is 0 Å². The molecule has 0 atom stereocenters. The van der Waals surface area contributed by atoms with Gasteiger partial charge < -0.3 is 21.1 Å². The van der Waals surface area contributed by atoms with E-state index in [2.05, 4.69) is 15.4 Å². The van der Waals surface area contributed by atoms with Gasteiger partial charge in [-0.25, -0.2) is 4.79 Å². The summed E-state index contributed by atoms with van der Waals surface area (Å²) in [5, 5.41) is 5.40. The van der Waals surface area contributed by atoms with E-state index in [1.165, 1.54) is 12.1 Å². The van der Waals surface area contributed by atoms with Gasteiger partial charge in [0.2, 0.25) is 0 Å². The van der Waals surface area contributed by atoms with Gasteiger partial charge in [-0.3, -0.25) is 0 Å². The molecule has 8 heteroatoms. The van der Waals surface area contributed by atoms with Crippen LogP contribution in [0.2, 0.25) is 0 Å². The molecule has 122 valence electrons. The zero-order chi connectivity index (χ0) is 16.2. The van der Waals surface area contributed by atoms with Crippen molar-refractivity contribution in [2.45, 2.75) is 44.1 Å². The van der Waals surface area contributed by atoms with Crippen molar-refractivity contribution in [2.24, 2.45) is 5.73 Å². The molecule has 0 aliphatic heterocycles. The standard InChI is InChI=1S/C14H18F3N3O2/c15-14(16,17)22-12-7-5-11(6-8-12)20-13(21)19-10-3-1-9(18)2-4-10/h5-10H,1-4,18H2,(H2,19,20,21). The second-order valence-corrected chi connectivity index (χ2v) is 5.28. The molecule has 2 amide bonds. The molecule has 0 radical (unpaired) electrons. The molecule has 1 aromatic rings. The number of halogens is 3. The molecular weight excluding hydrogens is 299 g/mol. The van der Waals surface area contributed by atoms with E-state index in [1.807, 2.05) is 0 Å². The number of alkyl halides is 3. The summed E-state index contributed by atoms with van der Waals surface area (Å²) in [5.41, 5.74) is 6.18. The summed E-state index contributed by atoms with van der Waals surface area (Å²) in [6.45, 7) is 0. The molecule has 0 saturated heterocycles. The Hall–Kier alpha value is -1.96. The van der Waals surface area contributed by atoms with Crippen molar-refractivity contribution in [3.8, 4) is 5.75 Å². The Kier molecular flexibility index (Phi) is 5.12. The van der Waals surface area contributed by atoms with Gasteiger partial charge in [-0.1, -0.05) is 0 Å². The Morgan fingerprint density at radius 3 is 2.27 bits per heavy atom. The van der Waals surface area contributed by atoms with Gasteiger partial charge >= 0.3 is 12.4 Å². The summed E-state index contributed by atoms with van der Waals surface area (Å²) in [6.07, 6.45) is -1.34. The first-order valence-electron chi connectivity index (χ1n) is 7.01. The summed E-state index contributed by atoms with van der Waals surface area (Å²) in [4.78, 5) is 11.8. The fourth-order valence-electron chi connectivity index (χ4n) is 2.36. The third kappa shape index (κ3) is 5.44. The Balaban J connectivity index is 1.81. The molecule has 0 heterocycles. The molecule has 22 heavy (non-hydrogen) atoms. The highest BCUT2D eigenvalue weighted by atomic mass is 19.4. The first-order valence-corrected chi connectivity index (χ1v) is 7.01. The van der Waals surface area contributed by atoms with Crippen LogP contribution in [0.4, 0.5) is 23.7 Å². The average Bonchev–Trinajstić information content (AvgIpc) is 2.42. The van der Waals surface area contributed by atoms with Crippen LogP contribution < -0.4 is 21.1 Å². The van der Waals surface area contributed by atoms with E-state index < -0.39 is 6.36 Å². The number of hydrogen-bond donors (Lipinski definition) is 3. The van der Waals surface area contributed by atoms with Gasteiger partial charge in [-0.2, -0.15) is 0 Å². The molecule has 1 aliphatic rings. The first kappa shape index (κ1) is 16.4. The fourth-order valence-corrected chi connectivity index (χ4v) is 2.36. The van der Waals surface area contributed by atoms with Crippen LogP contribution in [-0.4, -0.2) is 24.5 Å². The zero-order valence-corrected chi connectivity index (χ0v) is 11.8. The fraction of sp³-hybridized carbons (Fsp3) is 0.500. The summed E-state index contributed by atoms with van der Waals surface area (Å²) in [7, 11) is 0. The van der Waals surface area contributed by atoms with Gasteiger partial charge in [0.25, 0.3) is 0 Å². The normalized spacial score (nSPS) is 22.0. The number of rotatable bonds is 3.